The molecule has 3 aromatic rings. The molecule has 0 fully saturated rings. The lowest BCUT2D eigenvalue weighted by Crippen LogP contribution is -2.16. The molecule has 2 N–H and O–H groups in total. The summed E-state index contributed by atoms with van der Waals surface area (Å²) in [6, 6.07) is 10.4. The molecule has 0 spiro atoms. The molecule has 0 bridgehead atoms. The minimum Gasteiger partial charge on any atom is -0.506 e. The van der Waals surface area contributed by atoms with Crippen molar-refractivity contribution in [3.8, 4) is 5.75 Å². The first-order valence-electron chi connectivity index (χ1n) is 6.19. The van der Waals surface area contributed by atoms with E-state index >= 15 is 0 Å². The average molecular weight is 297 g/mol. The lowest BCUT2D eigenvalue weighted by atomic mass is 10.1. The molecule has 0 saturated heterocycles. The molecule has 1 amide bonds. The Kier molecular flexibility index (Phi) is 3.61. The van der Waals surface area contributed by atoms with Crippen molar-refractivity contribution in [2.24, 2.45) is 5.10 Å². The van der Waals surface area contributed by atoms with Crippen LogP contribution in [0.5, 0.6) is 5.75 Å². The quantitative estimate of drug-likeness (QED) is 0.576. The Morgan fingerprint density at radius 2 is 2.19 bits per heavy atom. The number of amides is 1. The zero-order valence-corrected chi connectivity index (χ0v) is 11.7. The number of thiophene rings is 1. The Hall–Kier alpha value is -2.73. The highest BCUT2D eigenvalue weighted by Gasteiger charge is 2.06. The average Bonchev–Trinajstić information content (AvgIpc) is 3.04. The minimum atomic E-state index is -0.248. The van der Waals surface area contributed by atoms with Gasteiger partial charge in [0, 0.05) is 17.1 Å². The van der Waals surface area contributed by atoms with Crippen molar-refractivity contribution in [2.45, 2.75) is 0 Å². The molecule has 3 rings (SSSR count). The van der Waals surface area contributed by atoms with E-state index in [1.54, 1.807) is 30.5 Å². The first kappa shape index (κ1) is 13.3. The van der Waals surface area contributed by atoms with Crippen LogP contribution < -0.4 is 5.43 Å². The lowest BCUT2D eigenvalue weighted by molar-refractivity contribution is 0.0959. The highest BCUT2D eigenvalue weighted by Crippen LogP contribution is 2.24. The summed E-state index contributed by atoms with van der Waals surface area (Å²) < 4.78 is 0. The van der Waals surface area contributed by atoms with Gasteiger partial charge in [0.1, 0.15) is 11.3 Å². The van der Waals surface area contributed by atoms with Gasteiger partial charge in [-0.2, -0.15) is 5.10 Å². The Morgan fingerprint density at radius 1 is 1.29 bits per heavy atom. The van der Waals surface area contributed by atoms with Gasteiger partial charge < -0.3 is 5.11 Å². The van der Waals surface area contributed by atoms with Crippen LogP contribution >= 0.6 is 11.3 Å². The van der Waals surface area contributed by atoms with Gasteiger partial charge in [-0.05, 0) is 29.6 Å². The van der Waals surface area contributed by atoms with Crippen molar-refractivity contribution in [3.05, 3.63) is 58.4 Å². The van der Waals surface area contributed by atoms with E-state index in [2.05, 4.69) is 15.5 Å². The van der Waals surface area contributed by atoms with E-state index in [1.807, 2.05) is 17.5 Å². The number of carbonyl (C=O) groups is 1. The Morgan fingerprint density at radius 3 is 3.00 bits per heavy atom. The maximum atomic E-state index is 11.7. The molecule has 5 nitrogen and oxygen atoms in total. The molecule has 6 heteroatoms. The van der Waals surface area contributed by atoms with Crippen LogP contribution in [-0.2, 0) is 0 Å². The number of fused-ring (bicyclic) bond motifs is 1. The largest absolute Gasteiger partial charge is 0.506 e. The van der Waals surface area contributed by atoms with Crippen LogP contribution in [0.1, 0.15) is 15.2 Å². The van der Waals surface area contributed by atoms with Crippen LogP contribution in [0.2, 0.25) is 0 Å². The number of aromatic hydroxyl groups is 1. The van der Waals surface area contributed by atoms with Gasteiger partial charge in [0.2, 0.25) is 0 Å². The van der Waals surface area contributed by atoms with E-state index in [9.17, 15) is 9.90 Å². The molecule has 0 saturated carbocycles. The zero-order valence-electron chi connectivity index (χ0n) is 10.9. The molecule has 0 aliphatic rings. The summed E-state index contributed by atoms with van der Waals surface area (Å²) in [6.45, 7) is 0. The van der Waals surface area contributed by atoms with Crippen LogP contribution in [0.15, 0.2) is 53.1 Å². The van der Waals surface area contributed by atoms with Crippen LogP contribution in [0.25, 0.3) is 10.9 Å². The fourth-order valence-corrected chi connectivity index (χ4v) is 2.53. The number of nitrogens with zero attached hydrogens (tertiary/aromatic N) is 2. The van der Waals surface area contributed by atoms with E-state index in [0.717, 1.165) is 10.9 Å². The molecule has 1 aromatic carbocycles. The van der Waals surface area contributed by atoms with Crippen molar-refractivity contribution in [3.63, 3.8) is 0 Å². The van der Waals surface area contributed by atoms with Gasteiger partial charge in [-0.3, -0.25) is 9.78 Å². The third-order valence-electron chi connectivity index (χ3n) is 2.90. The van der Waals surface area contributed by atoms with Crippen molar-refractivity contribution in [1.29, 1.82) is 0 Å². The third-order valence-corrected chi connectivity index (χ3v) is 3.77. The normalized spacial score (nSPS) is 11.0. The molecular formula is C15H11N3O2S. The smallest absolute Gasteiger partial charge is 0.281 e. The number of nitrogens with one attached hydrogen (secondary N) is 1. The number of hydrogen-bond donors (Lipinski definition) is 2. The van der Waals surface area contributed by atoms with Crippen LogP contribution in [0, 0.1) is 0 Å². The fraction of sp³-hybridized carbons (Fsp3) is 0. The minimum absolute atomic E-state index is 0.116. The monoisotopic (exact) mass is 297 g/mol. The van der Waals surface area contributed by atoms with Crippen molar-refractivity contribution in [2.75, 3.05) is 0 Å². The Labute approximate surface area is 124 Å². The molecule has 0 aliphatic heterocycles. The summed E-state index contributed by atoms with van der Waals surface area (Å²) in [6.07, 6.45) is 3.15. The molecule has 2 aromatic heterocycles. The maximum absolute atomic E-state index is 11.7. The second-order valence-electron chi connectivity index (χ2n) is 4.25. The predicted molar refractivity (Wildman–Crippen MR) is 82.8 cm³/mol. The molecule has 21 heavy (non-hydrogen) atoms. The summed E-state index contributed by atoms with van der Waals surface area (Å²) >= 11 is 1.35. The van der Waals surface area contributed by atoms with Gasteiger partial charge >= 0.3 is 0 Å². The molecule has 2 heterocycles. The number of carbonyl (C=O) groups excluding carboxylic acids is 1. The van der Waals surface area contributed by atoms with Gasteiger partial charge in [-0.1, -0.05) is 12.1 Å². The number of phenols is 1. The number of hydrogen-bond acceptors (Lipinski definition) is 5. The first-order valence-corrected chi connectivity index (χ1v) is 7.07. The van der Waals surface area contributed by atoms with E-state index in [4.69, 9.17) is 0 Å². The van der Waals surface area contributed by atoms with Gasteiger partial charge in [-0.15, -0.1) is 11.3 Å². The highest BCUT2D eigenvalue weighted by atomic mass is 32.1. The second-order valence-corrected chi connectivity index (χ2v) is 5.20. The van der Waals surface area contributed by atoms with E-state index in [-0.39, 0.29) is 11.7 Å². The molecule has 0 radical (unpaired) electrons. The Balaban J connectivity index is 1.84. The topological polar surface area (TPSA) is 74.6 Å². The van der Waals surface area contributed by atoms with Crippen molar-refractivity contribution >= 4 is 34.4 Å². The molecular weight excluding hydrogens is 286 g/mol. The standard InChI is InChI=1S/C15H11N3O2S/c19-12-6-5-10(11-3-1-7-16-14(11)12)9-17-18-15(20)13-4-2-8-21-13/h1-9,19H,(H,18,20)/b17-9+. The van der Waals surface area contributed by atoms with Gasteiger partial charge in [0.05, 0.1) is 11.1 Å². The first-order chi connectivity index (χ1) is 10.3. The number of rotatable bonds is 3. The number of hydrazone groups is 1. The number of benzene rings is 1. The third kappa shape index (κ3) is 2.75. The summed E-state index contributed by atoms with van der Waals surface area (Å²) in [5.41, 5.74) is 3.74. The number of phenolic OH excluding ortho intramolecular Hbond substituents is 1. The van der Waals surface area contributed by atoms with Crippen LogP contribution in [-0.4, -0.2) is 22.2 Å². The predicted octanol–water partition coefficient (Wildman–Crippen LogP) is 2.77. The molecule has 0 atom stereocenters. The van der Waals surface area contributed by atoms with E-state index < -0.39 is 0 Å². The molecule has 0 aliphatic carbocycles. The fourth-order valence-electron chi connectivity index (χ4n) is 1.92. The maximum Gasteiger partial charge on any atom is 0.281 e. The number of pyridine rings is 1. The second kappa shape index (κ2) is 5.72. The SMILES string of the molecule is O=C(N/N=C/c1ccc(O)c2ncccc12)c1cccs1. The summed E-state index contributed by atoms with van der Waals surface area (Å²) in [7, 11) is 0. The summed E-state index contributed by atoms with van der Waals surface area (Å²) in [5, 5.41) is 16.3. The van der Waals surface area contributed by atoms with Gasteiger partial charge in [0.25, 0.3) is 5.91 Å². The Bertz CT molecular complexity index is 813. The van der Waals surface area contributed by atoms with Crippen molar-refractivity contribution < 1.29 is 9.90 Å². The zero-order chi connectivity index (χ0) is 14.7. The summed E-state index contributed by atoms with van der Waals surface area (Å²) in [4.78, 5) is 16.5. The number of aromatic nitrogens is 1. The van der Waals surface area contributed by atoms with Crippen molar-refractivity contribution in [1.82, 2.24) is 10.4 Å². The van der Waals surface area contributed by atoms with E-state index in [0.29, 0.717) is 10.4 Å². The lowest BCUT2D eigenvalue weighted by Gasteiger charge is -2.03. The molecule has 0 unspecified atom stereocenters. The van der Waals surface area contributed by atoms with Gasteiger partial charge in [-0.25, -0.2) is 5.43 Å². The summed E-state index contributed by atoms with van der Waals surface area (Å²) in [5.74, 6) is -0.132. The highest BCUT2D eigenvalue weighted by molar-refractivity contribution is 7.12. The molecule has 104 valence electrons. The van der Waals surface area contributed by atoms with E-state index in [1.165, 1.54) is 17.6 Å². The van der Waals surface area contributed by atoms with Gasteiger partial charge in [0.15, 0.2) is 0 Å². The van der Waals surface area contributed by atoms with Crippen LogP contribution in [0.4, 0.5) is 0 Å². The van der Waals surface area contributed by atoms with Crippen LogP contribution in [0.3, 0.4) is 0 Å².